The Morgan fingerprint density at radius 2 is 2.06 bits per heavy atom. The molecule has 98 valence electrons. The summed E-state index contributed by atoms with van der Waals surface area (Å²) in [6, 6.07) is 0. The summed E-state index contributed by atoms with van der Waals surface area (Å²) in [5.74, 6) is 0.714. The quantitative estimate of drug-likeness (QED) is 0.786. The van der Waals surface area contributed by atoms with E-state index in [2.05, 4.69) is 15.2 Å². The predicted octanol–water partition coefficient (Wildman–Crippen LogP) is 1.96. The van der Waals surface area contributed by atoms with Crippen LogP contribution in [0.5, 0.6) is 0 Å². The molecule has 17 heavy (non-hydrogen) atoms. The largest absolute Gasteiger partial charge is 0.411 e. The standard InChI is InChI=1S/C10H15F3N2O2/c1-7-9(8(2)17-15-7)5-14-3-4-16-6-10(11,12)13/h14H,3-6H2,1-2H3. The maximum Gasteiger partial charge on any atom is 0.411 e. The van der Waals surface area contributed by atoms with Gasteiger partial charge in [0, 0.05) is 18.7 Å². The zero-order valence-corrected chi connectivity index (χ0v) is 9.73. The van der Waals surface area contributed by atoms with Crippen molar-refractivity contribution in [2.24, 2.45) is 0 Å². The number of hydrogen-bond donors (Lipinski definition) is 1. The number of halogens is 3. The Morgan fingerprint density at radius 1 is 1.35 bits per heavy atom. The summed E-state index contributed by atoms with van der Waals surface area (Å²) in [6.45, 7) is 3.27. The van der Waals surface area contributed by atoms with E-state index in [-0.39, 0.29) is 6.61 Å². The Bertz CT molecular complexity index is 330. The van der Waals surface area contributed by atoms with E-state index >= 15 is 0 Å². The number of nitrogens with one attached hydrogen (secondary N) is 1. The van der Waals surface area contributed by atoms with Gasteiger partial charge in [-0.15, -0.1) is 0 Å². The van der Waals surface area contributed by atoms with Crippen LogP contribution in [0, 0.1) is 13.8 Å². The second-order valence-electron chi connectivity index (χ2n) is 3.65. The highest BCUT2D eigenvalue weighted by molar-refractivity contribution is 5.20. The normalized spacial score (nSPS) is 12.1. The summed E-state index contributed by atoms with van der Waals surface area (Å²) < 4.78 is 44.6. The van der Waals surface area contributed by atoms with E-state index in [1.54, 1.807) is 6.92 Å². The second kappa shape index (κ2) is 6.02. The van der Waals surface area contributed by atoms with Gasteiger partial charge in [0.15, 0.2) is 0 Å². The third kappa shape index (κ3) is 5.18. The average Bonchev–Trinajstić information content (AvgIpc) is 2.52. The molecular weight excluding hydrogens is 237 g/mol. The lowest BCUT2D eigenvalue weighted by atomic mass is 10.2. The fraction of sp³-hybridized carbons (Fsp3) is 0.700. The molecule has 0 spiro atoms. The lowest BCUT2D eigenvalue weighted by Gasteiger charge is -2.08. The summed E-state index contributed by atoms with van der Waals surface area (Å²) in [5.41, 5.74) is 1.71. The molecule has 0 saturated heterocycles. The molecule has 0 fully saturated rings. The van der Waals surface area contributed by atoms with Crippen LogP contribution < -0.4 is 5.32 Å². The number of aromatic nitrogens is 1. The number of nitrogens with zero attached hydrogens (tertiary/aromatic N) is 1. The summed E-state index contributed by atoms with van der Waals surface area (Å²) in [5, 5.41) is 6.73. The van der Waals surface area contributed by atoms with Crippen LogP contribution in [0.1, 0.15) is 17.0 Å². The van der Waals surface area contributed by atoms with E-state index in [1.165, 1.54) is 0 Å². The third-order valence-electron chi connectivity index (χ3n) is 2.17. The minimum atomic E-state index is -4.26. The maximum atomic E-state index is 11.7. The average molecular weight is 252 g/mol. The van der Waals surface area contributed by atoms with Gasteiger partial charge in [0.05, 0.1) is 12.3 Å². The zero-order valence-electron chi connectivity index (χ0n) is 9.73. The Kier molecular flexibility index (Phi) is 4.95. The van der Waals surface area contributed by atoms with E-state index in [1.807, 2.05) is 6.92 Å². The zero-order chi connectivity index (χ0) is 12.9. The molecule has 1 aromatic rings. The minimum Gasteiger partial charge on any atom is -0.371 e. The Labute approximate surface area is 97.1 Å². The number of hydrogen-bond acceptors (Lipinski definition) is 4. The van der Waals surface area contributed by atoms with E-state index in [4.69, 9.17) is 4.52 Å². The van der Waals surface area contributed by atoms with Gasteiger partial charge in [-0.1, -0.05) is 5.16 Å². The number of alkyl halides is 3. The highest BCUT2D eigenvalue weighted by Crippen LogP contribution is 2.14. The molecule has 0 amide bonds. The summed E-state index contributed by atoms with van der Waals surface area (Å²) >= 11 is 0. The fourth-order valence-electron chi connectivity index (χ4n) is 1.30. The van der Waals surface area contributed by atoms with Crippen molar-refractivity contribution in [3.63, 3.8) is 0 Å². The molecule has 0 radical (unpaired) electrons. The molecule has 0 aliphatic carbocycles. The molecule has 0 aliphatic heterocycles. The first-order chi connectivity index (χ1) is 7.90. The van der Waals surface area contributed by atoms with E-state index in [0.29, 0.717) is 18.8 Å². The van der Waals surface area contributed by atoms with Crippen molar-refractivity contribution in [2.45, 2.75) is 26.6 Å². The van der Waals surface area contributed by atoms with Crippen molar-refractivity contribution in [2.75, 3.05) is 19.8 Å². The van der Waals surface area contributed by atoms with Crippen LogP contribution in [0.25, 0.3) is 0 Å². The van der Waals surface area contributed by atoms with Crippen LogP contribution in [-0.4, -0.2) is 31.1 Å². The first-order valence-electron chi connectivity index (χ1n) is 5.17. The highest BCUT2D eigenvalue weighted by Gasteiger charge is 2.27. The molecule has 1 heterocycles. The lowest BCUT2D eigenvalue weighted by Crippen LogP contribution is -2.23. The van der Waals surface area contributed by atoms with Gasteiger partial charge in [0.25, 0.3) is 0 Å². The Morgan fingerprint density at radius 3 is 2.59 bits per heavy atom. The fourth-order valence-corrected chi connectivity index (χ4v) is 1.30. The van der Waals surface area contributed by atoms with Gasteiger partial charge in [0.2, 0.25) is 0 Å². The Balaban J connectivity index is 2.13. The van der Waals surface area contributed by atoms with Crippen LogP contribution in [-0.2, 0) is 11.3 Å². The van der Waals surface area contributed by atoms with Crippen molar-refractivity contribution in [3.05, 3.63) is 17.0 Å². The van der Waals surface area contributed by atoms with Crippen molar-refractivity contribution in [1.29, 1.82) is 0 Å². The lowest BCUT2D eigenvalue weighted by molar-refractivity contribution is -0.173. The molecule has 0 unspecified atom stereocenters. The first kappa shape index (κ1) is 14.0. The van der Waals surface area contributed by atoms with Gasteiger partial charge in [-0.2, -0.15) is 13.2 Å². The SMILES string of the molecule is Cc1noc(C)c1CNCCOCC(F)(F)F. The first-order valence-corrected chi connectivity index (χ1v) is 5.17. The van der Waals surface area contributed by atoms with Crippen molar-refractivity contribution >= 4 is 0 Å². The Hall–Kier alpha value is -1.08. The maximum absolute atomic E-state index is 11.7. The van der Waals surface area contributed by atoms with Gasteiger partial charge in [-0.25, -0.2) is 0 Å². The summed E-state index contributed by atoms with van der Waals surface area (Å²) in [6.07, 6.45) is -4.26. The number of ether oxygens (including phenoxy) is 1. The molecule has 1 rings (SSSR count). The molecule has 1 N–H and O–H groups in total. The van der Waals surface area contributed by atoms with Crippen LogP contribution in [0.15, 0.2) is 4.52 Å². The summed E-state index contributed by atoms with van der Waals surface area (Å²) in [7, 11) is 0. The van der Waals surface area contributed by atoms with Gasteiger partial charge in [-0.3, -0.25) is 0 Å². The molecule has 0 aromatic carbocycles. The molecule has 4 nitrogen and oxygen atoms in total. The molecule has 0 atom stereocenters. The van der Waals surface area contributed by atoms with Gasteiger partial charge in [-0.05, 0) is 13.8 Å². The molecule has 1 aromatic heterocycles. The van der Waals surface area contributed by atoms with E-state index in [9.17, 15) is 13.2 Å². The summed E-state index contributed by atoms with van der Waals surface area (Å²) in [4.78, 5) is 0. The van der Waals surface area contributed by atoms with Gasteiger partial charge >= 0.3 is 6.18 Å². The monoisotopic (exact) mass is 252 g/mol. The number of rotatable bonds is 6. The van der Waals surface area contributed by atoms with Gasteiger partial charge < -0.3 is 14.6 Å². The van der Waals surface area contributed by atoms with Gasteiger partial charge in [0.1, 0.15) is 12.4 Å². The second-order valence-corrected chi connectivity index (χ2v) is 3.65. The molecule has 0 saturated carbocycles. The molecular formula is C10H15F3N2O2. The van der Waals surface area contributed by atoms with Crippen molar-refractivity contribution < 1.29 is 22.4 Å². The molecule has 7 heteroatoms. The topological polar surface area (TPSA) is 47.3 Å². The van der Waals surface area contributed by atoms with Crippen LogP contribution >= 0.6 is 0 Å². The highest BCUT2D eigenvalue weighted by atomic mass is 19.4. The van der Waals surface area contributed by atoms with E-state index in [0.717, 1.165) is 11.3 Å². The smallest absolute Gasteiger partial charge is 0.371 e. The van der Waals surface area contributed by atoms with Crippen molar-refractivity contribution in [1.82, 2.24) is 10.5 Å². The molecule has 0 bridgehead atoms. The van der Waals surface area contributed by atoms with E-state index < -0.39 is 12.8 Å². The predicted molar refractivity (Wildman–Crippen MR) is 54.6 cm³/mol. The minimum absolute atomic E-state index is 0.0168. The van der Waals surface area contributed by atoms with Crippen molar-refractivity contribution in [3.8, 4) is 0 Å². The third-order valence-corrected chi connectivity index (χ3v) is 2.17. The number of aryl methyl sites for hydroxylation is 2. The van der Waals surface area contributed by atoms with Crippen LogP contribution in [0.4, 0.5) is 13.2 Å². The van der Waals surface area contributed by atoms with Crippen LogP contribution in [0.2, 0.25) is 0 Å². The molecule has 0 aliphatic rings. The van der Waals surface area contributed by atoms with Crippen LogP contribution in [0.3, 0.4) is 0 Å².